The van der Waals surface area contributed by atoms with Crippen LogP contribution in [-0.2, 0) is 28.9 Å². The van der Waals surface area contributed by atoms with Crippen molar-refractivity contribution in [2.75, 3.05) is 32.7 Å². The summed E-state index contributed by atoms with van der Waals surface area (Å²) in [5.41, 5.74) is 3.83. The number of ether oxygens (including phenoxy) is 1. The Morgan fingerprint density at radius 2 is 1.91 bits per heavy atom. The maximum atomic E-state index is 14.3. The maximum absolute atomic E-state index is 14.3. The lowest BCUT2D eigenvalue weighted by molar-refractivity contribution is -0.138. The molecule has 0 bridgehead atoms. The van der Waals surface area contributed by atoms with Crippen LogP contribution in [0.3, 0.4) is 0 Å². The number of carbonyl (C=O) groups is 2. The van der Waals surface area contributed by atoms with Crippen LogP contribution in [0.5, 0.6) is 0 Å². The molecule has 3 atom stereocenters. The number of benzene rings is 1. The molecule has 0 unspecified atom stereocenters. The van der Waals surface area contributed by atoms with E-state index in [1.54, 1.807) is 11.1 Å². The Kier molecular flexibility index (Phi) is 8.54. The Balaban J connectivity index is 1.31. The van der Waals surface area contributed by atoms with Crippen LogP contribution in [0, 0.1) is 5.92 Å². The minimum absolute atomic E-state index is 0.0300. The fourth-order valence-corrected chi connectivity index (χ4v) is 7.23. The second kappa shape index (κ2) is 12.2. The molecule has 3 aromatic rings. The summed E-state index contributed by atoms with van der Waals surface area (Å²) in [6.07, 6.45) is 9.55. The first-order valence-corrected chi connectivity index (χ1v) is 16.1. The van der Waals surface area contributed by atoms with Gasteiger partial charge in [-0.25, -0.2) is 9.78 Å². The SMILES string of the molecule is CC(C)(C)OC(=O)N1CCN([C@H]2c3ccc(Cl)cc3CCc3cc(Br)cnc32)C[C@@H]1C(=O)N1CC[C@@H](Cn2ccnc2)C1. The number of imidazole rings is 1. The van der Waals surface area contributed by atoms with Gasteiger partial charge in [0.2, 0.25) is 5.91 Å². The van der Waals surface area contributed by atoms with E-state index in [1.807, 2.05) is 50.5 Å². The first kappa shape index (κ1) is 30.1. The largest absolute Gasteiger partial charge is 0.444 e. The summed E-state index contributed by atoms with van der Waals surface area (Å²) in [5, 5.41) is 0.708. The molecule has 1 aliphatic carbocycles. The Hall–Kier alpha value is -2.95. The van der Waals surface area contributed by atoms with E-state index in [0.717, 1.165) is 41.5 Å². The van der Waals surface area contributed by atoms with Gasteiger partial charge in [0.1, 0.15) is 11.6 Å². The lowest BCUT2D eigenvalue weighted by Crippen LogP contribution is -2.62. The quantitative estimate of drug-likeness (QED) is 0.373. The molecule has 2 saturated heterocycles. The van der Waals surface area contributed by atoms with Gasteiger partial charge in [-0.2, -0.15) is 0 Å². The molecule has 4 heterocycles. The van der Waals surface area contributed by atoms with Gasteiger partial charge in [0.05, 0.1) is 18.1 Å². The van der Waals surface area contributed by atoms with E-state index in [9.17, 15) is 9.59 Å². The topological polar surface area (TPSA) is 83.8 Å². The van der Waals surface area contributed by atoms with Gasteiger partial charge >= 0.3 is 6.09 Å². The van der Waals surface area contributed by atoms with Crippen molar-refractivity contribution in [2.24, 2.45) is 5.92 Å². The Morgan fingerprint density at radius 1 is 1.09 bits per heavy atom. The van der Waals surface area contributed by atoms with Gasteiger partial charge in [-0.3, -0.25) is 19.6 Å². The van der Waals surface area contributed by atoms with Gasteiger partial charge in [0.25, 0.3) is 0 Å². The third-order valence-electron chi connectivity index (χ3n) is 8.61. The molecule has 0 N–H and O–H groups in total. The minimum atomic E-state index is -0.673. The van der Waals surface area contributed by atoms with Crippen LogP contribution < -0.4 is 0 Å². The van der Waals surface area contributed by atoms with Crippen molar-refractivity contribution in [1.29, 1.82) is 0 Å². The predicted octanol–water partition coefficient (Wildman–Crippen LogP) is 5.35. The highest BCUT2D eigenvalue weighted by Gasteiger charge is 2.44. The van der Waals surface area contributed by atoms with Gasteiger partial charge in [0.15, 0.2) is 0 Å². The van der Waals surface area contributed by atoms with Crippen molar-refractivity contribution in [3.05, 3.63) is 81.1 Å². The molecule has 43 heavy (non-hydrogen) atoms. The van der Waals surface area contributed by atoms with Crippen LogP contribution >= 0.6 is 27.5 Å². The van der Waals surface area contributed by atoms with Gasteiger partial charge < -0.3 is 14.2 Å². The third kappa shape index (κ3) is 6.61. The highest BCUT2D eigenvalue weighted by atomic mass is 79.9. The van der Waals surface area contributed by atoms with Gasteiger partial charge in [-0.05, 0) is 96.8 Å². The summed E-state index contributed by atoms with van der Waals surface area (Å²) in [6.45, 7) is 9.03. The molecule has 2 aromatic heterocycles. The second-order valence-corrected chi connectivity index (χ2v) is 14.2. The summed E-state index contributed by atoms with van der Waals surface area (Å²) >= 11 is 10.1. The minimum Gasteiger partial charge on any atom is -0.444 e. The Bertz CT molecular complexity index is 1440. The number of fused-ring (bicyclic) bond motifs is 2. The van der Waals surface area contributed by atoms with E-state index >= 15 is 0 Å². The number of nitrogens with zero attached hydrogens (tertiary/aromatic N) is 6. The number of carbonyl (C=O) groups excluding carboxylic acids is 2. The van der Waals surface area contributed by atoms with Crippen molar-refractivity contribution in [3.8, 4) is 0 Å². The summed E-state index contributed by atoms with van der Waals surface area (Å²) in [4.78, 5) is 42.8. The van der Waals surface area contributed by atoms with E-state index in [4.69, 9.17) is 21.3 Å². The van der Waals surface area contributed by atoms with E-state index < -0.39 is 17.7 Å². The van der Waals surface area contributed by atoms with Crippen LogP contribution in [0.1, 0.15) is 55.6 Å². The molecule has 1 aromatic carbocycles. The zero-order valence-corrected chi connectivity index (χ0v) is 27.2. The smallest absolute Gasteiger partial charge is 0.411 e. The van der Waals surface area contributed by atoms with E-state index in [1.165, 1.54) is 11.1 Å². The number of amides is 2. The highest BCUT2D eigenvalue weighted by Crippen LogP contribution is 2.39. The Labute approximate surface area is 266 Å². The van der Waals surface area contributed by atoms with Crippen molar-refractivity contribution >= 4 is 39.5 Å². The first-order valence-electron chi connectivity index (χ1n) is 15.0. The summed E-state index contributed by atoms with van der Waals surface area (Å²) < 4.78 is 8.81. The van der Waals surface area contributed by atoms with Gasteiger partial charge in [-0.15, -0.1) is 0 Å². The maximum Gasteiger partial charge on any atom is 0.411 e. The van der Waals surface area contributed by atoms with Crippen LogP contribution in [0.2, 0.25) is 5.02 Å². The van der Waals surface area contributed by atoms with Crippen molar-refractivity contribution in [3.63, 3.8) is 0 Å². The number of rotatable bonds is 4. The standard InChI is InChI=1S/C32H38BrClN6O3/c1-32(2,3)43-31(42)40-13-12-38(19-27(40)30(41)39-10-8-21(18-39)17-37-11-9-35-20-37)29-26-7-6-25(34)15-22(26)4-5-23-14-24(33)16-36-28(23)29/h6-7,9,11,14-16,20-21,27,29H,4-5,8,10,12-13,17-19H2,1-3H3/t21-,27+,29-/m0/s1. The molecule has 2 aliphatic heterocycles. The van der Waals surface area contributed by atoms with E-state index in [-0.39, 0.29) is 11.9 Å². The summed E-state index contributed by atoms with van der Waals surface area (Å²) in [6, 6.07) is 7.39. The van der Waals surface area contributed by atoms with Gasteiger partial charge in [-0.1, -0.05) is 17.7 Å². The molecule has 3 aliphatic rings. The number of piperazine rings is 1. The molecule has 2 amide bonds. The normalized spacial score (nSPS) is 22.6. The monoisotopic (exact) mass is 668 g/mol. The predicted molar refractivity (Wildman–Crippen MR) is 168 cm³/mol. The number of halogens is 2. The summed E-state index contributed by atoms with van der Waals surface area (Å²) in [7, 11) is 0. The van der Waals surface area contributed by atoms with E-state index in [2.05, 4.69) is 48.6 Å². The molecule has 228 valence electrons. The third-order valence-corrected chi connectivity index (χ3v) is 9.27. The van der Waals surface area contributed by atoms with Crippen LogP contribution in [-0.4, -0.2) is 85.6 Å². The number of pyridine rings is 1. The number of hydrogen-bond donors (Lipinski definition) is 0. The number of aromatic nitrogens is 3. The molecular weight excluding hydrogens is 632 g/mol. The second-order valence-electron chi connectivity index (χ2n) is 12.8. The van der Waals surface area contributed by atoms with Crippen LogP contribution in [0.4, 0.5) is 4.79 Å². The highest BCUT2D eigenvalue weighted by molar-refractivity contribution is 9.10. The van der Waals surface area contributed by atoms with Crippen molar-refractivity contribution in [1.82, 2.24) is 29.2 Å². The molecule has 11 heteroatoms. The molecule has 0 spiro atoms. The molecular formula is C32H38BrClN6O3. The van der Waals surface area contributed by atoms with Crippen molar-refractivity contribution < 1.29 is 14.3 Å². The molecule has 6 rings (SSSR count). The fourth-order valence-electron chi connectivity index (χ4n) is 6.66. The zero-order chi connectivity index (χ0) is 30.3. The lowest BCUT2D eigenvalue weighted by atomic mass is 9.95. The molecule has 2 fully saturated rings. The lowest BCUT2D eigenvalue weighted by Gasteiger charge is -2.44. The number of aryl methyl sites for hydroxylation is 2. The molecule has 9 nitrogen and oxygen atoms in total. The Morgan fingerprint density at radius 3 is 2.67 bits per heavy atom. The first-order chi connectivity index (χ1) is 20.6. The van der Waals surface area contributed by atoms with Crippen LogP contribution in [0.25, 0.3) is 0 Å². The average molecular weight is 670 g/mol. The zero-order valence-electron chi connectivity index (χ0n) is 24.9. The van der Waals surface area contributed by atoms with Crippen molar-refractivity contribution in [2.45, 2.75) is 64.3 Å². The average Bonchev–Trinajstić information content (AvgIpc) is 3.62. The summed E-state index contributed by atoms with van der Waals surface area (Å²) in [5.74, 6) is 0.304. The number of likely N-dealkylation sites (tertiary alicyclic amines) is 1. The van der Waals surface area contributed by atoms with Crippen LogP contribution in [0.15, 0.2) is 53.7 Å². The number of hydrogen-bond acceptors (Lipinski definition) is 6. The van der Waals surface area contributed by atoms with E-state index in [0.29, 0.717) is 43.7 Å². The fraction of sp³-hybridized carbons (Fsp3) is 0.500. The molecule has 0 saturated carbocycles. The van der Waals surface area contributed by atoms with Gasteiger partial charge in [0, 0.05) is 67.4 Å². The molecule has 0 radical (unpaired) electrons.